The highest BCUT2D eigenvalue weighted by atomic mass is 35.5. The van der Waals surface area contributed by atoms with E-state index in [1.165, 1.54) is 7.11 Å². The van der Waals surface area contributed by atoms with Crippen LogP contribution in [0.4, 0.5) is 0 Å². The number of hydrogen-bond donors (Lipinski definition) is 1. The molecule has 2 N–H and O–H groups in total. The van der Waals surface area contributed by atoms with Crippen LogP contribution in [0, 0.1) is 0 Å². The van der Waals surface area contributed by atoms with Gasteiger partial charge in [-0.05, 0) is 24.1 Å². The second kappa shape index (κ2) is 7.92. The molecule has 0 aliphatic heterocycles. The number of nitrogens with two attached hydrogens (primary N) is 1. The lowest BCUT2D eigenvalue weighted by Crippen LogP contribution is -2.26. The molecule has 0 unspecified atom stereocenters. The molecule has 0 radical (unpaired) electrons. The van der Waals surface area contributed by atoms with Gasteiger partial charge in [-0.15, -0.1) is 12.4 Å². The van der Waals surface area contributed by atoms with E-state index in [0.29, 0.717) is 6.42 Å². The van der Waals surface area contributed by atoms with E-state index in [1.807, 2.05) is 24.3 Å². The zero-order valence-corrected chi connectivity index (χ0v) is 10.8. The number of rotatable bonds is 5. The standard InChI is InChI=1S/C12H17NO3.ClH/c1-15-11-5-3-9(4-6-11)7-10(13)8-12(14)16-2;/h3-6,10H,7-8,13H2,1-2H3;1H/t10-;/m0./s1. The topological polar surface area (TPSA) is 61.5 Å². The van der Waals surface area contributed by atoms with Gasteiger partial charge in [0.1, 0.15) is 5.75 Å². The summed E-state index contributed by atoms with van der Waals surface area (Å²) < 4.78 is 9.61. The van der Waals surface area contributed by atoms with Crippen molar-refractivity contribution >= 4 is 18.4 Å². The Balaban J connectivity index is 0.00000256. The fraction of sp³-hybridized carbons (Fsp3) is 0.417. The van der Waals surface area contributed by atoms with Crippen molar-refractivity contribution in [2.75, 3.05) is 14.2 Å². The quantitative estimate of drug-likeness (QED) is 0.815. The molecule has 0 aliphatic rings. The first-order chi connectivity index (χ1) is 7.65. The van der Waals surface area contributed by atoms with Gasteiger partial charge in [0.05, 0.1) is 20.6 Å². The zero-order valence-electron chi connectivity index (χ0n) is 10.0. The van der Waals surface area contributed by atoms with Gasteiger partial charge in [0.2, 0.25) is 0 Å². The number of carbonyl (C=O) groups excluding carboxylic acids is 1. The maximum absolute atomic E-state index is 11.0. The van der Waals surface area contributed by atoms with Crippen LogP contribution in [0.25, 0.3) is 0 Å². The summed E-state index contributed by atoms with van der Waals surface area (Å²) in [6.45, 7) is 0. The largest absolute Gasteiger partial charge is 0.497 e. The van der Waals surface area contributed by atoms with Gasteiger partial charge in [-0.2, -0.15) is 0 Å². The van der Waals surface area contributed by atoms with Gasteiger partial charge in [0, 0.05) is 6.04 Å². The first-order valence-electron chi connectivity index (χ1n) is 5.11. The minimum absolute atomic E-state index is 0. The Kier molecular flexibility index (Phi) is 7.34. The predicted molar refractivity (Wildman–Crippen MR) is 68.6 cm³/mol. The van der Waals surface area contributed by atoms with E-state index in [9.17, 15) is 4.79 Å². The molecule has 0 amide bonds. The van der Waals surface area contributed by atoms with E-state index in [0.717, 1.165) is 11.3 Å². The Hall–Kier alpha value is -1.26. The maximum Gasteiger partial charge on any atom is 0.307 e. The van der Waals surface area contributed by atoms with E-state index in [1.54, 1.807) is 7.11 Å². The van der Waals surface area contributed by atoms with Crippen molar-refractivity contribution in [1.29, 1.82) is 0 Å². The fourth-order valence-electron chi connectivity index (χ4n) is 1.43. The third kappa shape index (κ3) is 5.56. The molecular formula is C12H18ClNO3. The molecule has 1 rings (SSSR count). The molecule has 1 aromatic carbocycles. The SMILES string of the molecule is COC(=O)C[C@@H](N)Cc1ccc(OC)cc1.Cl. The molecule has 96 valence electrons. The van der Waals surface area contributed by atoms with Crippen molar-refractivity contribution in [3.63, 3.8) is 0 Å². The van der Waals surface area contributed by atoms with Gasteiger partial charge in [-0.25, -0.2) is 0 Å². The summed E-state index contributed by atoms with van der Waals surface area (Å²) in [4.78, 5) is 11.0. The molecule has 0 aliphatic carbocycles. The van der Waals surface area contributed by atoms with Gasteiger partial charge in [-0.1, -0.05) is 12.1 Å². The summed E-state index contributed by atoms with van der Waals surface area (Å²) in [5.41, 5.74) is 6.90. The number of benzene rings is 1. The second-order valence-corrected chi connectivity index (χ2v) is 3.59. The van der Waals surface area contributed by atoms with Crippen molar-refractivity contribution < 1.29 is 14.3 Å². The van der Waals surface area contributed by atoms with Crippen LogP contribution in [-0.2, 0) is 16.0 Å². The Bertz CT molecular complexity index is 340. The van der Waals surface area contributed by atoms with E-state index in [2.05, 4.69) is 4.74 Å². The lowest BCUT2D eigenvalue weighted by Gasteiger charge is -2.10. The fourth-order valence-corrected chi connectivity index (χ4v) is 1.43. The molecule has 0 heterocycles. The maximum atomic E-state index is 11.0. The van der Waals surface area contributed by atoms with Crippen LogP contribution in [0.3, 0.4) is 0 Å². The minimum atomic E-state index is -0.277. The Morgan fingerprint density at radius 2 is 1.88 bits per heavy atom. The van der Waals surface area contributed by atoms with E-state index >= 15 is 0 Å². The van der Waals surface area contributed by atoms with Crippen molar-refractivity contribution in [3.05, 3.63) is 29.8 Å². The van der Waals surface area contributed by atoms with E-state index in [4.69, 9.17) is 10.5 Å². The summed E-state index contributed by atoms with van der Waals surface area (Å²) in [5.74, 6) is 0.534. The monoisotopic (exact) mass is 259 g/mol. The molecule has 0 saturated heterocycles. The third-order valence-electron chi connectivity index (χ3n) is 2.31. The number of halogens is 1. The van der Waals surface area contributed by atoms with Crippen LogP contribution in [0.5, 0.6) is 5.75 Å². The van der Waals surface area contributed by atoms with Crippen LogP contribution in [0.15, 0.2) is 24.3 Å². The lowest BCUT2D eigenvalue weighted by molar-refractivity contribution is -0.140. The molecule has 0 fully saturated rings. The van der Waals surface area contributed by atoms with Crippen LogP contribution in [0.1, 0.15) is 12.0 Å². The average Bonchev–Trinajstić information content (AvgIpc) is 2.29. The first-order valence-corrected chi connectivity index (χ1v) is 5.11. The van der Waals surface area contributed by atoms with Crippen LogP contribution < -0.4 is 10.5 Å². The highest BCUT2D eigenvalue weighted by Gasteiger charge is 2.10. The zero-order chi connectivity index (χ0) is 12.0. The van der Waals surface area contributed by atoms with Crippen LogP contribution >= 0.6 is 12.4 Å². The molecule has 1 aromatic rings. The summed E-state index contributed by atoms with van der Waals surface area (Å²) in [6.07, 6.45) is 0.890. The number of carbonyl (C=O) groups is 1. The van der Waals surface area contributed by atoms with Crippen molar-refractivity contribution in [2.24, 2.45) is 5.73 Å². The third-order valence-corrected chi connectivity index (χ3v) is 2.31. The average molecular weight is 260 g/mol. The molecule has 0 spiro atoms. The Morgan fingerprint density at radius 1 is 1.29 bits per heavy atom. The molecule has 0 bridgehead atoms. The van der Waals surface area contributed by atoms with E-state index < -0.39 is 0 Å². The number of methoxy groups -OCH3 is 2. The van der Waals surface area contributed by atoms with Crippen LogP contribution in [-0.4, -0.2) is 26.2 Å². The normalized spacial score (nSPS) is 11.2. The summed E-state index contributed by atoms with van der Waals surface area (Å²) >= 11 is 0. The first kappa shape index (κ1) is 15.7. The van der Waals surface area contributed by atoms with Gasteiger partial charge < -0.3 is 15.2 Å². The number of ether oxygens (including phenoxy) is 2. The predicted octanol–water partition coefficient (Wildman–Crippen LogP) is 1.55. The molecule has 1 atom stereocenters. The van der Waals surface area contributed by atoms with Gasteiger partial charge >= 0.3 is 5.97 Å². The molecule has 5 heteroatoms. The summed E-state index contributed by atoms with van der Waals surface area (Å²) in [7, 11) is 2.99. The summed E-state index contributed by atoms with van der Waals surface area (Å²) in [5, 5.41) is 0. The minimum Gasteiger partial charge on any atom is -0.497 e. The Morgan fingerprint density at radius 3 is 2.35 bits per heavy atom. The lowest BCUT2D eigenvalue weighted by atomic mass is 10.0. The molecule has 4 nitrogen and oxygen atoms in total. The van der Waals surface area contributed by atoms with Gasteiger partial charge in [0.15, 0.2) is 0 Å². The second-order valence-electron chi connectivity index (χ2n) is 3.59. The van der Waals surface area contributed by atoms with Gasteiger partial charge in [-0.3, -0.25) is 4.79 Å². The van der Waals surface area contributed by atoms with Crippen LogP contribution in [0.2, 0.25) is 0 Å². The smallest absolute Gasteiger partial charge is 0.307 e. The molecule has 0 saturated carbocycles. The highest BCUT2D eigenvalue weighted by molar-refractivity contribution is 5.85. The van der Waals surface area contributed by atoms with Crippen molar-refractivity contribution in [1.82, 2.24) is 0 Å². The van der Waals surface area contributed by atoms with Crippen molar-refractivity contribution in [3.8, 4) is 5.75 Å². The number of hydrogen-bond acceptors (Lipinski definition) is 4. The molecule has 0 aromatic heterocycles. The van der Waals surface area contributed by atoms with Crippen molar-refractivity contribution in [2.45, 2.75) is 18.9 Å². The molecular weight excluding hydrogens is 242 g/mol. The molecule has 17 heavy (non-hydrogen) atoms. The Labute approximate surface area is 108 Å². The number of esters is 1. The van der Waals surface area contributed by atoms with E-state index in [-0.39, 0.29) is 30.8 Å². The van der Waals surface area contributed by atoms with Gasteiger partial charge in [0.25, 0.3) is 0 Å². The highest BCUT2D eigenvalue weighted by Crippen LogP contribution is 2.13. The summed E-state index contributed by atoms with van der Waals surface area (Å²) in [6, 6.07) is 7.42.